The van der Waals surface area contributed by atoms with E-state index < -0.39 is 12.0 Å². The monoisotopic (exact) mass is 642 g/mol. The number of hydrogen-bond acceptors (Lipinski definition) is 9. The Morgan fingerprint density at radius 1 is 1.02 bits per heavy atom. The van der Waals surface area contributed by atoms with Crippen molar-refractivity contribution < 1.29 is 19.8 Å². The van der Waals surface area contributed by atoms with Gasteiger partial charge in [0.15, 0.2) is 5.84 Å². The van der Waals surface area contributed by atoms with Crippen LogP contribution in [0.4, 0.5) is 0 Å². The molecule has 6 rings (SSSR count). The molecule has 250 valence electrons. The van der Waals surface area contributed by atoms with Crippen molar-refractivity contribution >= 4 is 11.6 Å². The molecule has 2 aromatic heterocycles. The predicted octanol–water partition coefficient (Wildman–Crippen LogP) is 5.02. The second-order valence-corrected chi connectivity index (χ2v) is 12.9. The average molecular weight is 643 g/mol. The highest BCUT2D eigenvalue weighted by Gasteiger charge is 2.31. The molecule has 2 aromatic carbocycles. The van der Waals surface area contributed by atoms with Gasteiger partial charge in [-0.25, -0.2) is 4.52 Å². The number of oxime groups is 1. The summed E-state index contributed by atoms with van der Waals surface area (Å²) in [5.41, 5.74) is 4.66. The molecule has 1 unspecified atom stereocenters. The van der Waals surface area contributed by atoms with Crippen molar-refractivity contribution in [2.24, 2.45) is 5.16 Å². The number of fused-ring (bicyclic) bond motifs is 1. The van der Waals surface area contributed by atoms with Crippen LogP contribution in [0, 0.1) is 6.92 Å². The fourth-order valence-electron chi connectivity index (χ4n) is 6.77. The molecular weight excluding hydrogens is 596 g/mol. The summed E-state index contributed by atoms with van der Waals surface area (Å²) in [5.74, 6) is 1.73. The van der Waals surface area contributed by atoms with Crippen LogP contribution in [0.5, 0.6) is 0 Å². The van der Waals surface area contributed by atoms with Crippen LogP contribution in [0.3, 0.4) is 0 Å². The summed E-state index contributed by atoms with van der Waals surface area (Å²) in [7, 11) is 0. The zero-order chi connectivity index (χ0) is 33.1. The molecule has 0 saturated heterocycles. The molecule has 1 saturated carbocycles. The van der Waals surface area contributed by atoms with Gasteiger partial charge in [-0.3, -0.25) is 9.36 Å². The van der Waals surface area contributed by atoms with Crippen molar-refractivity contribution in [2.75, 3.05) is 6.61 Å². The molecule has 2 aliphatic rings. The molecule has 0 radical (unpaired) electrons. The van der Waals surface area contributed by atoms with Gasteiger partial charge in [-0.2, -0.15) is 10.1 Å². The molecule has 3 N–H and O–H groups in total. The van der Waals surface area contributed by atoms with Gasteiger partial charge in [0, 0.05) is 23.6 Å². The Balaban J connectivity index is 1.28. The first-order valence-electron chi connectivity index (χ1n) is 16.9. The summed E-state index contributed by atoms with van der Waals surface area (Å²) in [6, 6.07) is 16.0. The number of aryl methyl sites for hydroxylation is 2. The Morgan fingerprint density at radius 2 is 1.72 bits per heavy atom. The lowest BCUT2D eigenvalue weighted by molar-refractivity contribution is -0.0896. The second-order valence-electron chi connectivity index (χ2n) is 12.9. The number of aliphatic hydroxyl groups is 2. The molecule has 1 atom stereocenters. The van der Waals surface area contributed by atoms with E-state index in [-0.39, 0.29) is 17.7 Å². The lowest BCUT2D eigenvalue weighted by Gasteiger charge is -2.33. The molecule has 0 spiro atoms. The van der Waals surface area contributed by atoms with Gasteiger partial charge in [-0.1, -0.05) is 80.9 Å². The zero-order valence-electron chi connectivity index (χ0n) is 27.8. The van der Waals surface area contributed by atoms with Crippen molar-refractivity contribution in [1.29, 1.82) is 0 Å². The fourth-order valence-corrected chi connectivity index (χ4v) is 6.77. The van der Waals surface area contributed by atoms with E-state index in [1.165, 1.54) is 0 Å². The minimum absolute atomic E-state index is 0.00218. The van der Waals surface area contributed by atoms with E-state index in [2.05, 4.69) is 41.7 Å². The second kappa shape index (κ2) is 14.0. The van der Waals surface area contributed by atoms with E-state index in [0.717, 1.165) is 72.0 Å². The largest absolute Gasteiger partial charge is 0.388 e. The summed E-state index contributed by atoms with van der Waals surface area (Å²) in [4.78, 5) is 24.2. The first-order valence-corrected chi connectivity index (χ1v) is 16.9. The highest BCUT2D eigenvalue weighted by molar-refractivity contribution is 6.04. The smallest absolute Gasteiger partial charge is 0.304 e. The Labute approximate surface area is 275 Å². The minimum atomic E-state index is -1.16. The SMILES string of the molecule is CCCc1c(Cc2ccc(-c3ccccc3C3=NOC(O)N3)cc2)c(=O)n([C@H]2CC[C@H](OCC(O)(CC)CC)CC2)c2nc(C)nn12. The third-order valence-electron chi connectivity index (χ3n) is 9.72. The van der Waals surface area contributed by atoms with Crippen molar-refractivity contribution in [3.05, 3.63) is 87.1 Å². The van der Waals surface area contributed by atoms with E-state index in [0.29, 0.717) is 43.3 Å². The van der Waals surface area contributed by atoms with Crippen LogP contribution >= 0.6 is 0 Å². The molecule has 1 aliphatic carbocycles. The normalized spacial score (nSPS) is 19.9. The number of nitrogens with zero attached hydrogens (tertiary/aromatic N) is 5. The Morgan fingerprint density at radius 3 is 2.36 bits per heavy atom. The predicted molar refractivity (Wildman–Crippen MR) is 180 cm³/mol. The number of hydrogen-bond donors (Lipinski definition) is 3. The number of rotatable bonds is 12. The van der Waals surface area contributed by atoms with Gasteiger partial charge < -0.3 is 25.1 Å². The molecule has 0 amide bonds. The number of ether oxygens (including phenoxy) is 1. The van der Waals surface area contributed by atoms with Gasteiger partial charge in [-0.05, 0) is 68.6 Å². The number of nitrogens with one attached hydrogen (secondary N) is 1. The van der Waals surface area contributed by atoms with E-state index in [1.54, 1.807) is 0 Å². The molecule has 11 heteroatoms. The maximum absolute atomic E-state index is 14.5. The summed E-state index contributed by atoms with van der Waals surface area (Å²) in [6.45, 7) is 8.31. The third-order valence-corrected chi connectivity index (χ3v) is 9.72. The quantitative estimate of drug-likeness (QED) is 0.196. The molecule has 3 heterocycles. The van der Waals surface area contributed by atoms with Crippen molar-refractivity contribution in [3.8, 4) is 11.1 Å². The van der Waals surface area contributed by atoms with Crippen LogP contribution in [-0.2, 0) is 22.4 Å². The summed E-state index contributed by atoms with van der Waals surface area (Å²) in [6.07, 6.45) is 5.54. The van der Waals surface area contributed by atoms with Gasteiger partial charge in [-0.15, -0.1) is 0 Å². The fraction of sp³-hybridized carbons (Fsp3) is 0.500. The number of aliphatic hydroxyl groups excluding tert-OH is 1. The molecular formula is C36H46N6O5. The van der Waals surface area contributed by atoms with E-state index >= 15 is 0 Å². The highest BCUT2D eigenvalue weighted by atomic mass is 16.7. The van der Waals surface area contributed by atoms with Crippen LogP contribution in [0.1, 0.15) is 100.0 Å². The summed E-state index contributed by atoms with van der Waals surface area (Å²) < 4.78 is 9.96. The zero-order valence-corrected chi connectivity index (χ0v) is 27.8. The molecule has 1 aliphatic heterocycles. The number of amidine groups is 1. The lowest BCUT2D eigenvalue weighted by atomic mass is 9.91. The maximum Gasteiger partial charge on any atom is 0.304 e. The first kappa shape index (κ1) is 32.9. The van der Waals surface area contributed by atoms with Crippen LogP contribution in [0.25, 0.3) is 16.9 Å². The molecule has 1 fully saturated rings. The van der Waals surface area contributed by atoms with Crippen molar-refractivity contribution in [3.63, 3.8) is 0 Å². The summed E-state index contributed by atoms with van der Waals surface area (Å²) >= 11 is 0. The number of benzene rings is 2. The lowest BCUT2D eigenvalue weighted by Crippen LogP contribution is -2.37. The third kappa shape index (κ3) is 6.83. The van der Waals surface area contributed by atoms with Crippen LogP contribution < -0.4 is 10.9 Å². The minimum Gasteiger partial charge on any atom is -0.388 e. The van der Waals surface area contributed by atoms with E-state index in [1.807, 2.05) is 54.1 Å². The highest BCUT2D eigenvalue weighted by Crippen LogP contribution is 2.32. The maximum atomic E-state index is 14.5. The van der Waals surface area contributed by atoms with Gasteiger partial charge in [0.2, 0.25) is 5.78 Å². The van der Waals surface area contributed by atoms with Crippen LogP contribution in [0.2, 0.25) is 0 Å². The Hall–Kier alpha value is -4.06. The molecule has 4 aromatic rings. The standard InChI is InChI=1S/C36H46N6O5/c1-5-10-31-30(21-24-13-15-25(16-14-24)28-11-8-9-12-29(28)32-38-35(44)47-40-32)33(43)41(34-37-23(4)39-42(31)34)26-17-19-27(20-18-26)46-22-36(45,6-2)7-3/h8-9,11-16,26-27,35,44-45H,5-7,10,17-22H2,1-4H3,(H,38,40)/t26-,27-,35?. The molecule has 47 heavy (non-hydrogen) atoms. The van der Waals surface area contributed by atoms with Crippen molar-refractivity contribution in [2.45, 2.75) is 110 Å². The van der Waals surface area contributed by atoms with E-state index in [4.69, 9.17) is 19.7 Å². The first-order chi connectivity index (χ1) is 22.7. The van der Waals surface area contributed by atoms with E-state index in [9.17, 15) is 15.0 Å². The molecule has 11 nitrogen and oxygen atoms in total. The topological polar surface area (TPSA) is 136 Å². The Kier molecular flexibility index (Phi) is 9.77. The van der Waals surface area contributed by atoms with Gasteiger partial charge in [0.05, 0.1) is 24.0 Å². The average Bonchev–Trinajstić information content (AvgIpc) is 3.71. The van der Waals surface area contributed by atoms with Gasteiger partial charge in [0.1, 0.15) is 5.82 Å². The summed E-state index contributed by atoms with van der Waals surface area (Å²) in [5, 5.41) is 32.0. The Bertz CT molecular complexity index is 1780. The van der Waals surface area contributed by atoms with Gasteiger partial charge in [0.25, 0.3) is 5.56 Å². The number of aromatic nitrogens is 4. The molecule has 0 bridgehead atoms. The van der Waals surface area contributed by atoms with Crippen LogP contribution in [-0.4, -0.2) is 59.9 Å². The van der Waals surface area contributed by atoms with Crippen molar-refractivity contribution in [1.82, 2.24) is 24.5 Å². The van der Waals surface area contributed by atoms with Crippen LogP contribution in [0.15, 0.2) is 58.5 Å². The van der Waals surface area contributed by atoms with Gasteiger partial charge >= 0.3 is 6.41 Å².